The second kappa shape index (κ2) is 6.45. The van der Waals surface area contributed by atoms with Gasteiger partial charge in [0.15, 0.2) is 0 Å². The smallest absolute Gasteiger partial charge is 0.213 e. The number of sulfonamides is 1. The van der Waals surface area contributed by atoms with Crippen molar-refractivity contribution in [1.82, 2.24) is 15.0 Å². The lowest BCUT2D eigenvalue weighted by molar-refractivity contribution is 0.422. The van der Waals surface area contributed by atoms with Crippen molar-refractivity contribution in [2.45, 2.75) is 38.8 Å². The first kappa shape index (κ1) is 14.4. The van der Waals surface area contributed by atoms with Crippen molar-refractivity contribution in [3.8, 4) is 0 Å². The van der Waals surface area contributed by atoms with Crippen LogP contribution in [-0.4, -0.2) is 31.7 Å². The van der Waals surface area contributed by atoms with Gasteiger partial charge in [0.1, 0.15) is 0 Å². The van der Waals surface area contributed by atoms with Crippen LogP contribution in [0.2, 0.25) is 0 Å². The van der Waals surface area contributed by atoms with E-state index in [9.17, 15) is 8.42 Å². The van der Waals surface area contributed by atoms with Gasteiger partial charge in [-0.1, -0.05) is 12.5 Å². The summed E-state index contributed by atoms with van der Waals surface area (Å²) in [5.41, 5.74) is 1.64. The van der Waals surface area contributed by atoms with Gasteiger partial charge >= 0.3 is 0 Å². The summed E-state index contributed by atoms with van der Waals surface area (Å²) in [4.78, 5) is 4.28. The van der Waals surface area contributed by atoms with Gasteiger partial charge in [0, 0.05) is 11.7 Å². The van der Waals surface area contributed by atoms with Gasteiger partial charge in [-0.2, -0.15) is 0 Å². The molecular weight excluding hydrogens is 262 g/mol. The third kappa shape index (κ3) is 4.89. The molecule has 6 heteroatoms. The number of aryl methyl sites for hydroxylation is 1. The monoisotopic (exact) mass is 283 g/mol. The summed E-state index contributed by atoms with van der Waals surface area (Å²) < 4.78 is 26.6. The molecule has 1 aromatic rings. The number of pyridine rings is 1. The van der Waals surface area contributed by atoms with Crippen LogP contribution >= 0.6 is 0 Å². The minimum absolute atomic E-state index is 0.0803. The largest absolute Gasteiger partial charge is 0.313 e. The molecule has 0 aliphatic carbocycles. The Morgan fingerprint density at radius 3 is 2.95 bits per heavy atom. The normalized spacial score (nSPS) is 20.4. The van der Waals surface area contributed by atoms with Crippen molar-refractivity contribution >= 4 is 10.0 Å². The number of hydrogen-bond donors (Lipinski definition) is 2. The van der Waals surface area contributed by atoms with E-state index in [1.54, 1.807) is 0 Å². The Morgan fingerprint density at radius 2 is 2.26 bits per heavy atom. The molecule has 5 nitrogen and oxygen atoms in total. The van der Waals surface area contributed by atoms with Gasteiger partial charge in [0.05, 0.1) is 18.0 Å². The SMILES string of the molecule is Cc1cccc(CNS(=O)(=O)CC2CCCCN2)n1. The zero-order valence-corrected chi connectivity index (χ0v) is 12.0. The number of hydrogen-bond acceptors (Lipinski definition) is 4. The van der Waals surface area contributed by atoms with E-state index in [-0.39, 0.29) is 18.3 Å². The van der Waals surface area contributed by atoms with E-state index in [4.69, 9.17) is 0 Å². The van der Waals surface area contributed by atoms with E-state index >= 15 is 0 Å². The van der Waals surface area contributed by atoms with Crippen molar-refractivity contribution in [2.75, 3.05) is 12.3 Å². The fourth-order valence-electron chi connectivity index (χ4n) is 2.27. The van der Waals surface area contributed by atoms with Crippen LogP contribution in [0.5, 0.6) is 0 Å². The van der Waals surface area contributed by atoms with Crippen LogP contribution in [0, 0.1) is 6.92 Å². The Labute approximate surface area is 114 Å². The summed E-state index contributed by atoms with van der Waals surface area (Å²) in [6, 6.07) is 5.68. The lowest BCUT2D eigenvalue weighted by atomic mass is 10.1. The summed E-state index contributed by atoms with van der Waals surface area (Å²) >= 11 is 0. The maximum Gasteiger partial charge on any atom is 0.213 e. The number of aromatic nitrogens is 1. The summed E-state index contributed by atoms with van der Waals surface area (Å²) in [6.07, 6.45) is 3.17. The maximum absolute atomic E-state index is 12.0. The van der Waals surface area contributed by atoms with Crippen LogP contribution in [-0.2, 0) is 16.6 Å². The van der Waals surface area contributed by atoms with Gasteiger partial charge < -0.3 is 5.32 Å². The molecule has 1 aliphatic heterocycles. The molecule has 19 heavy (non-hydrogen) atoms. The highest BCUT2D eigenvalue weighted by Gasteiger charge is 2.20. The quantitative estimate of drug-likeness (QED) is 0.844. The van der Waals surface area contributed by atoms with Crippen LogP contribution < -0.4 is 10.0 Å². The zero-order valence-electron chi connectivity index (χ0n) is 11.2. The van der Waals surface area contributed by atoms with Crippen molar-refractivity contribution in [1.29, 1.82) is 0 Å². The van der Waals surface area contributed by atoms with Crippen molar-refractivity contribution in [2.24, 2.45) is 0 Å². The fraction of sp³-hybridized carbons (Fsp3) is 0.615. The summed E-state index contributed by atoms with van der Waals surface area (Å²) in [5.74, 6) is 0.152. The van der Waals surface area contributed by atoms with E-state index < -0.39 is 10.0 Å². The molecule has 1 atom stereocenters. The van der Waals surface area contributed by atoms with Crippen molar-refractivity contribution in [3.63, 3.8) is 0 Å². The predicted octanol–water partition coefficient (Wildman–Crippen LogP) is 0.952. The Hall–Kier alpha value is -0.980. The topological polar surface area (TPSA) is 71.1 Å². The molecule has 1 aliphatic rings. The lowest BCUT2D eigenvalue weighted by Crippen LogP contribution is -2.42. The van der Waals surface area contributed by atoms with Gasteiger partial charge in [0.25, 0.3) is 0 Å². The van der Waals surface area contributed by atoms with Crippen LogP contribution in [0.25, 0.3) is 0 Å². The molecule has 2 rings (SSSR count). The second-order valence-electron chi connectivity index (χ2n) is 5.02. The predicted molar refractivity (Wildman–Crippen MR) is 75.2 cm³/mol. The van der Waals surface area contributed by atoms with Gasteiger partial charge in [-0.05, 0) is 38.4 Å². The van der Waals surface area contributed by atoms with Crippen molar-refractivity contribution < 1.29 is 8.42 Å². The van der Waals surface area contributed by atoms with E-state index in [0.29, 0.717) is 0 Å². The van der Waals surface area contributed by atoms with E-state index in [2.05, 4.69) is 15.0 Å². The highest BCUT2D eigenvalue weighted by Crippen LogP contribution is 2.09. The van der Waals surface area contributed by atoms with Crippen LogP contribution in [0.3, 0.4) is 0 Å². The first-order chi connectivity index (χ1) is 9.05. The van der Waals surface area contributed by atoms with Gasteiger partial charge in [0.2, 0.25) is 10.0 Å². The maximum atomic E-state index is 12.0. The van der Waals surface area contributed by atoms with Gasteiger partial charge in [-0.3, -0.25) is 4.98 Å². The Morgan fingerprint density at radius 1 is 1.42 bits per heavy atom. The molecular formula is C13H21N3O2S. The van der Waals surface area contributed by atoms with Gasteiger partial charge in [-0.15, -0.1) is 0 Å². The molecule has 0 spiro atoms. The Balaban J connectivity index is 1.86. The highest BCUT2D eigenvalue weighted by molar-refractivity contribution is 7.89. The average Bonchev–Trinajstić information content (AvgIpc) is 2.37. The second-order valence-corrected chi connectivity index (χ2v) is 6.87. The molecule has 106 valence electrons. The minimum atomic E-state index is -3.24. The summed E-state index contributed by atoms with van der Waals surface area (Å²) in [7, 11) is -3.24. The first-order valence-corrected chi connectivity index (χ1v) is 8.34. The first-order valence-electron chi connectivity index (χ1n) is 6.68. The molecule has 0 radical (unpaired) electrons. The number of rotatable bonds is 5. The van der Waals surface area contributed by atoms with Crippen LogP contribution in [0.15, 0.2) is 18.2 Å². The summed E-state index contributed by atoms with van der Waals surface area (Å²) in [5, 5.41) is 3.25. The molecule has 0 amide bonds. The van der Waals surface area contributed by atoms with Crippen LogP contribution in [0.1, 0.15) is 30.7 Å². The average molecular weight is 283 g/mol. The number of nitrogens with one attached hydrogen (secondary N) is 2. The molecule has 1 saturated heterocycles. The molecule has 1 aromatic heterocycles. The van der Waals surface area contributed by atoms with E-state index in [1.807, 2.05) is 25.1 Å². The standard InChI is InChI=1S/C13H21N3O2S/c1-11-5-4-7-12(16-11)9-15-19(17,18)10-13-6-2-3-8-14-13/h4-5,7,13-15H,2-3,6,8-10H2,1H3. The summed E-state index contributed by atoms with van der Waals surface area (Å²) in [6.45, 7) is 3.07. The molecule has 1 fully saturated rings. The Kier molecular flexibility index (Phi) is 4.90. The molecule has 1 unspecified atom stereocenters. The number of piperidine rings is 1. The molecule has 0 bridgehead atoms. The fourth-order valence-corrected chi connectivity index (χ4v) is 3.57. The molecule has 0 aromatic carbocycles. The molecule has 2 N–H and O–H groups in total. The third-order valence-corrected chi connectivity index (χ3v) is 4.68. The molecule has 0 saturated carbocycles. The number of nitrogens with zero attached hydrogens (tertiary/aromatic N) is 1. The Bertz CT molecular complexity index is 510. The molecule has 2 heterocycles. The lowest BCUT2D eigenvalue weighted by Gasteiger charge is -2.23. The third-order valence-electron chi connectivity index (χ3n) is 3.25. The zero-order chi connectivity index (χ0) is 13.7. The van der Waals surface area contributed by atoms with Crippen LogP contribution in [0.4, 0.5) is 0 Å². The van der Waals surface area contributed by atoms with Gasteiger partial charge in [-0.25, -0.2) is 13.1 Å². The van der Waals surface area contributed by atoms with E-state index in [1.165, 1.54) is 0 Å². The van der Waals surface area contributed by atoms with Crippen molar-refractivity contribution in [3.05, 3.63) is 29.6 Å². The van der Waals surface area contributed by atoms with E-state index in [0.717, 1.165) is 37.2 Å². The highest BCUT2D eigenvalue weighted by atomic mass is 32.2. The minimum Gasteiger partial charge on any atom is -0.313 e.